The third kappa shape index (κ3) is 3.58. The van der Waals surface area contributed by atoms with Crippen LogP contribution in [-0.4, -0.2) is 76.7 Å². The third-order valence-electron chi connectivity index (χ3n) is 2.38. The van der Waals surface area contributed by atoms with E-state index < -0.39 is 37.3 Å². The first-order chi connectivity index (χ1) is 6.49. The van der Waals surface area contributed by atoms with Crippen molar-refractivity contribution >= 4 is 0 Å². The monoisotopic (exact) mass is 434 g/mol. The Kier molecular flexibility index (Phi) is 7.37. The van der Waals surface area contributed by atoms with Gasteiger partial charge in [0.25, 0.3) is 0 Å². The van der Waals surface area contributed by atoms with Crippen LogP contribution in [0.15, 0.2) is 0 Å². The van der Waals surface area contributed by atoms with Crippen LogP contribution in [0.4, 0.5) is 0 Å². The Balaban J connectivity index is 0.00000196. The van der Waals surface area contributed by atoms with Crippen molar-refractivity contribution in [2.75, 3.05) is 20.7 Å². The van der Waals surface area contributed by atoms with E-state index in [1.54, 1.807) is 19.0 Å². The van der Waals surface area contributed by atoms with Crippen LogP contribution >= 0.6 is 0 Å². The van der Waals surface area contributed by atoms with Gasteiger partial charge in [-0.25, -0.2) is 0 Å². The Bertz CT molecular complexity index is 192. The number of likely N-dealkylation sites (N-methyl/N-ethyl adjacent to an activating group) is 1. The SMILES string of the molecule is CN(C)C1O[C@H](CO)[C@@H](O)[C@H](O)[C@@H]1O.[Ac]. The van der Waals surface area contributed by atoms with Gasteiger partial charge in [-0.2, -0.15) is 0 Å². The van der Waals surface area contributed by atoms with Crippen LogP contribution in [0.2, 0.25) is 0 Å². The number of aliphatic hydroxyl groups excluding tert-OH is 4. The maximum Gasteiger partial charge on any atom is 0.139 e. The molecule has 0 spiro atoms. The summed E-state index contributed by atoms with van der Waals surface area (Å²) in [4.78, 5) is 1.57. The Morgan fingerprint density at radius 2 is 1.60 bits per heavy atom. The largest absolute Gasteiger partial charge is 0.394 e. The fourth-order valence-corrected chi connectivity index (χ4v) is 1.51. The molecule has 0 aromatic heterocycles. The predicted octanol–water partition coefficient (Wildman–Crippen LogP) is -2.65. The van der Waals surface area contributed by atoms with Crippen molar-refractivity contribution < 1.29 is 69.2 Å². The van der Waals surface area contributed by atoms with Crippen LogP contribution in [0.5, 0.6) is 0 Å². The maximum atomic E-state index is 9.53. The molecule has 0 bridgehead atoms. The first-order valence-corrected chi connectivity index (χ1v) is 4.46. The first kappa shape index (κ1) is 16.2. The van der Waals surface area contributed by atoms with Gasteiger partial charge in [0.15, 0.2) is 0 Å². The van der Waals surface area contributed by atoms with E-state index in [2.05, 4.69) is 0 Å². The molecule has 15 heavy (non-hydrogen) atoms. The van der Waals surface area contributed by atoms with E-state index in [4.69, 9.17) is 9.84 Å². The zero-order valence-corrected chi connectivity index (χ0v) is 13.6. The molecule has 4 N–H and O–H groups in total. The molecule has 1 radical (unpaired) electrons. The quantitative estimate of drug-likeness (QED) is 0.380. The first-order valence-electron chi connectivity index (χ1n) is 4.46. The summed E-state index contributed by atoms with van der Waals surface area (Å²) < 4.78 is 5.21. The van der Waals surface area contributed by atoms with Gasteiger partial charge in [0, 0.05) is 44.1 Å². The third-order valence-corrected chi connectivity index (χ3v) is 2.38. The van der Waals surface area contributed by atoms with Gasteiger partial charge >= 0.3 is 0 Å². The zero-order chi connectivity index (χ0) is 10.9. The topological polar surface area (TPSA) is 93.4 Å². The second-order valence-corrected chi connectivity index (χ2v) is 3.68. The van der Waals surface area contributed by atoms with Crippen LogP contribution < -0.4 is 0 Å². The standard InChI is InChI=1S/C8H17NO5.Ac/c1-9(2)8-7(13)6(12)5(11)4(3-10)14-8;/h4-8,10-13H,3H2,1-2H3;/t4-,5-,6+,7+,8?;/m1./s1. The minimum Gasteiger partial charge on any atom is -0.394 e. The molecule has 0 amide bonds. The Morgan fingerprint density at radius 3 is 2.00 bits per heavy atom. The van der Waals surface area contributed by atoms with Gasteiger partial charge < -0.3 is 25.2 Å². The number of aliphatic hydroxyl groups is 4. The van der Waals surface area contributed by atoms with Crippen molar-refractivity contribution in [1.82, 2.24) is 4.90 Å². The average molecular weight is 434 g/mol. The number of ether oxygens (including phenoxy) is 1. The maximum absolute atomic E-state index is 9.53. The minimum absolute atomic E-state index is 0. The van der Waals surface area contributed by atoms with E-state index in [0.29, 0.717) is 0 Å². The fourth-order valence-electron chi connectivity index (χ4n) is 1.51. The molecule has 1 heterocycles. The van der Waals surface area contributed by atoms with Crippen molar-refractivity contribution in [1.29, 1.82) is 0 Å². The second kappa shape index (κ2) is 6.82. The summed E-state index contributed by atoms with van der Waals surface area (Å²) in [5.74, 6) is 0. The predicted molar refractivity (Wildman–Crippen MR) is 47.5 cm³/mol. The molecule has 1 aliphatic heterocycles. The molecule has 87 valence electrons. The van der Waals surface area contributed by atoms with E-state index in [1.807, 2.05) is 0 Å². The molecule has 1 rings (SSSR count). The fraction of sp³-hybridized carbons (Fsp3) is 1.00. The molecule has 0 aliphatic carbocycles. The number of rotatable bonds is 2. The molecule has 1 unspecified atom stereocenters. The van der Waals surface area contributed by atoms with Crippen LogP contribution in [-0.2, 0) is 4.74 Å². The van der Waals surface area contributed by atoms with Crippen molar-refractivity contribution in [2.24, 2.45) is 0 Å². The van der Waals surface area contributed by atoms with E-state index in [1.165, 1.54) is 0 Å². The minimum atomic E-state index is -1.30. The van der Waals surface area contributed by atoms with Gasteiger partial charge in [-0.05, 0) is 14.1 Å². The van der Waals surface area contributed by atoms with E-state index >= 15 is 0 Å². The average Bonchev–Trinajstić information content (AvgIpc) is 2.14. The summed E-state index contributed by atoms with van der Waals surface area (Å²) in [5.41, 5.74) is 0. The second-order valence-electron chi connectivity index (χ2n) is 3.68. The van der Waals surface area contributed by atoms with Gasteiger partial charge in [0.1, 0.15) is 30.6 Å². The summed E-state index contributed by atoms with van der Waals surface area (Å²) in [5, 5.41) is 37.2. The molecule has 6 nitrogen and oxygen atoms in total. The molecule has 0 aromatic rings. The molecular weight excluding hydrogens is 417 g/mol. The molecule has 1 saturated heterocycles. The summed E-state index contributed by atoms with van der Waals surface area (Å²) >= 11 is 0. The van der Waals surface area contributed by atoms with Crippen molar-refractivity contribution in [3.63, 3.8) is 0 Å². The van der Waals surface area contributed by atoms with Crippen LogP contribution in [0, 0.1) is 44.1 Å². The van der Waals surface area contributed by atoms with Gasteiger partial charge in [0.05, 0.1) is 6.61 Å². The van der Waals surface area contributed by atoms with Gasteiger partial charge in [0.2, 0.25) is 0 Å². The molecule has 1 aliphatic rings. The van der Waals surface area contributed by atoms with Gasteiger partial charge in [-0.15, -0.1) is 0 Å². The van der Waals surface area contributed by atoms with Crippen molar-refractivity contribution in [3.8, 4) is 0 Å². The van der Waals surface area contributed by atoms with Crippen molar-refractivity contribution in [3.05, 3.63) is 0 Å². The summed E-state index contributed by atoms with van der Waals surface area (Å²) in [6.07, 6.45) is -5.31. The molecular formula is C8H17AcNO5. The van der Waals surface area contributed by atoms with E-state index in [9.17, 15) is 15.3 Å². The van der Waals surface area contributed by atoms with Gasteiger partial charge in [-0.3, -0.25) is 4.90 Å². The molecule has 1 fully saturated rings. The molecule has 0 aromatic carbocycles. The van der Waals surface area contributed by atoms with Gasteiger partial charge in [-0.1, -0.05) is 0 Å². The smallest absolute Gasteiger partial charge is 0.139 e. The van der Waals surface area contributed by atoms with Crippen LogP contribution in [0.3, 0.4) is 0 Å². The summed E-state index contributed by atoms with van der Waals surface area (Å²) in [6.45, 7) is -0.394. The summed E-state index contributed by atoms with van der Waals surface area (Å²) in [7, 11) is 3.35. The molecule has 5 atom stereocenters. The van der Waals surface area contributed by atoms with Crippen molar-refractivity contribution in [2.45, 2.75) is 30.6 Å². The Morgan fingerprint density at radius 1 is 1.07 bits per heavy atom. The van der Waals surface area contributed by atoms with Crippen LogP contribution in [0.1, 0.15) is 0 Å². The van der Waals surface area contributed by atoms with E-state index in [-0.39, 0.29) is 44.1 Å². The van der Waals surface area contributed by atoms with E-state index in [0.717, 1.165) is 0 Å². The number of hydrogen-bond donors (Lipinski definition) is 4. The Labute approximate surface area is 124 Å². The zero-order valence-electron chi connectivity index (χ0n) is 8.82. The number of nitrogens with zero attached hydrogens (tertiary/aromatic N) is 1. The molecule has 0 saturated carbocycles. The van der Waals surface area contributed by atoms with Crippen LogP contribution in [0.25, 0.3) is 0 Å². The molecule has 7 heteroatoms. The Hall–Kier alpha value is 1.20. The summed E-state index contributed by atoms with van der Waals surface area (Å²) in [6, 6.07) is 0. The number of hydrogen-bond acceptors (Lipinski definition) is 6. The normalized spacial score (nSPS) is 41.4.